The largest absolute Gasteiger partial charge is 0.312 e. The third kappa shape index (κ3) is 2.76. The first-order chi connectivity index (χ1) is 7.29. The van der Waals surface area contributed by atoms with Crippen LogP contribution in [0.3, 0.4) is 0 Å². The van der Waals surface area contributed by atoms with Crippen molar-refractivity contribution in [1.29, 1.82) is 0 Å². The van der Waals surface area contributed by atoms with Gasteiger partial charge in [0, 0.05) is 16.1 Å². The van der Waals surface area contributed by atoms with Crippen molar-refractivity contribution in [3.63, 3.8) is 0 Å². The zero-order valence-electron chi connectivity index (χ0n) is 9.87. The molecule has 0 radical (unpaired) electrons. The molecule has 1 aromatic rings. The van der Waals surface area contributed by atoms with Gasteiger partial charge in [0.05, 0.1) is 5.02 Å². The van der Waals surface area contributed by atoms with Gasteiger partial charge in [-0.05, 0) is 34.5 Å². The van der Waals surface area contributed by atoms with E-state index >= 15 is 0 Å². The van der Waals surface area contributed by atoms with Crippen molar-refractivity contribution in [3.05, 3.63) is 33.0 Å². The predicted molar refractivity (Wildman–Crippen MR) is 70.4 cm³/mol. The van der Waals surface area contributed by atoms with Crippen molar-refractivity contribution in [3.8, 4) is 0 Å². The van der Waals surface area contributed by atoms with Crippen LogP contribution in [0.15, 0.2) is 16.6 Å². The molecule has 0 spiro atoms. The second-order valence-corrected chi connectivity index (χ2v) is 6.08. The molecule has 0 heterocycles. The summed E-state index contributed by atoms with van der Waals surface area (Å²) in [6.45, 7) is 6.18. The van der Waals surface area contributed by atoms with E-state index in [1.165, 1.54) is 0 Å². The summed E-state index contributed by atoms with van der Waals surface area (Å²) in [5.74, 6) is -0.356. The third-order valence-electron chi connectivity index (χ3n) is 2.53. The molecule has 1 rings (SSSR count). The Bertz CT molecular complexity index is 387. The Morgan fingerprint density at radius 1 is 1.38 bits per heavy atom. The zero-order chi connectivity index (χ0) is 12.5. The maximum absolute atomic E-state index is 14.0. The van der Waals surface area contributed by atoms with Crippen molar-refractivity contribution in [2.75, 3.05) is 7.05 Å². The van der Waals surface area contributed by atoms with Crippen molar-refractivity contribution >= 4 is 27.5 Å². The minimum atomic E-state index is -0.356. The lowest BCUT2D eigenvalue weighted by molar-refractivity contribution is 0.280. The van der Waals surface area contributed by atoms with Crippen molar-refractivity contribution in [2.45, 2.75) is 26.8 Å². The number of nitrogens with one attached hydrogen (secondary N) is 1. The normalized spacial score (nSPS) is 13.9. The lowest BCUT2D eigenvalue weighted by Gasteiger charge is -2.31. The Balaban J connectivity index is 3.27. The molecule has 4 heteroatoms. The van der Waals surface area contributed by atoms with Crippen LogP contribution in [-0.2, 0) is 0 Å². The zero-order valence-corrected chi connectivity index (χ0v) is 12.2. The standard InChI is InChI=1S/C12H16BrClFN/c1-12(2,3)11(16-4)7-5-6-8(13)9(14)10(7)15/h5-6,11,16H,1-4H3. The molecule has 1 aromatic carbocycles. The molecule has 0 fully saturated rings. The molecule has 0 amide bonds. The summed E-state index contributed by atoms with van der Waals surface area (Å²) >= 11 is 9.09. The summed E-state index contributed by atoms with van der Waals surface area (Å²) < 4.78 is 14.6. The first-order valence-corrected chi connectivity index (χ1v) is 6.26. The molecule has 0 aromatic heterocycles. The van der Waals surface area contributed by atoms with Gasteiger partial charge in [-0.15, -0.1) is 0 Å². The maximum atomic E-state index is 14.0. The first-order valence-electron chi connectivity index (χ1n) is 5.09. The second kappa shape index (κ2) is 5.03. The summed E-state index contributed by atoms with van der Waals surface area (Å²) in [7, 11) is 1.82. The van der Waals surface area contributed by atoms with Gasteiger partial charge in [0.1, 0.15) is 5.82 Å². The molecule has 0 bridgehead atoms. The molecule has 1 nitrogen and oxygen atoms in total. The first kappa shape index (κ1) is 13.9. The molecule has 0 aliphatic heterocycles. The number of benzene rings is 1. The number of rotatable bonds is 2. The second-order valence-electron chi connectivity index (χ2n) is 4.85. The van der Waals surface area contributed by atoms with Crippen molar-refractivity contribution < 1.29 is 4.39 Å². The average molecular weight is 309 g/mol. The van der Waals surface area contributed by atoms with Crippen LogP contribution in [0.2, 0.25) is 5.02 Å². The molecule has 1 atom stereocenters. The van der Waals surface area contributed by atoms with Crippen molar-refractivity contribution in [1.82, 2.24) is 5.32 Å². The molecule has 1 unspecified atom stereocenters. The summed E-state index contributed by atoms with van der Waals surface area (Å²) in [5, 5.41) is 3.27. The smallest absolute Gasteiger partial charge is 0.147 e. The van der Waals surface area contributed by atoms with Gasteiger partial charge in [-0.1, -0.05) is 38.4 Å². The van der Waals surface area contributed by atoms with Crippen LogP contribution in [-0.4, -0.2) is 7.05 Å². The van der Waals surface area contributed by atoms with Gasteiger partial charge in [-0.2, -0.15) is 0 Å². The average Bonchev–Trinajstić information content (AvgIpc) is 2.17. The summed E-state index contributed by atoms with van der Waals surface area (Å²) in [6.07, 6.45) is 0. The van der Waals surface area contributed by atoms with E-state index in [0.29, 0.717) is 10.0 Å². The quantitative estimate of drug-likeness (QED) is 0.790. The fourth-order valence-corrected chi connectivity index (χ4v) is 2.30. The molecule has 0 saturated carbocycles. The molecule has 16 heavy (non-hydrogen) atoms. The van der Waals surface area contributed by atoms with Gasteiger partial charge in [-0.3, -0.25) is 0 Å². The van der Waals surface area contributed by atoms with E-state index in [4.69, 9.17) is 11.6 Å². The van der Waals surface area contributed by atoms with E-state index in [-0.39, 0.29) is 22.3 Å². The molecule has 0 saturated heterocycles. The van der Waals surface area contributed by atoms with Gasteiger partial charge in [0.15, 0.2) is 0 Å². The van der Waals surface area contributed by atoms with E-state index in [2.05, 4.69) is 42.0 Å². The van der Waals surface area contributed by atoms with Gasteiger partial charge < -0.3 is 5.32 Å². The molecule has 0 aliphatic rings. The van der Waals surface area contributed by atoms with E-state index in [1.807, 2.05) is 7.05 Å². The monoisotopic (exact) mass is 307 g/mol. The van der Waals surface area contributed by atoms with Crippen LogP contribution in [0.5, 0.6) is 0 Å². The SMILES string of the molecule is CNC(c1ccc(Br)c(Cl)c1F)C(C)(C)C. The topological polar surface area (TPSA) is 12.0 Å². The van der Waals surface area contributed by atoms with E-state index < -0.39 is 0 Å². The van der Waals surface area contributed by atoms with Gasteiger partial charge in [-0.25, -0.2) is 4.39 Å². The summed E-state index contributed by atoms with van der Waals surface area (Å²) in [5.41, 5.74) is 0.524. The number of hydrogen-bond donors (Lipinski definition) is 1. The maximum Gasteiger partial charge on any atom is 0.147 e. The van der Waals surface area contributed by atoms with Gasteiger partial charge in [0.25, 0.3) is 0 Å². The van der Waals surface area contributed by atoms with Gasteiger partial charge >= 0.3 is 0 Å². The van der Waals surface area contributed by atoms with Gasteiger partial charge in [0.2, 0.25) is 0 Å². The Hall–Kier alpha value is -0.120. The van der Waals surface area contributed by atoms with Crippen LogP contribution in [0, 0.1) is 11.2 Å². The Kier molecular flexibility index (Phi) is 4.38. The highest BCUT2D eigenvalue weighted by atomic mass is 79.9. The number of halogens is 3. The van der Waals surface area contributed by atoms with Crippen LogP contribution >= 0.6 is 27.5 Å². The molecular weight excluding hydrogens is 292 g/mol. The highest BCUT2D eigenvalue weighted by Crippen LogP contribution is 2.37. The van der Waals surface area contributed by atoms with Crippen LogP contribution in [0.4, 0.5) is 4.39 Å². The Morgan fingerprint density at radius 3 is 2.38 bits per heavy atom. The lowest BCUT2D eigenvalue weighted by Crippen LogP contribution is -2.30. The minimum Gasteiger partial charge on any atom is -0.312 e. The molecule has 0 aliphatic carbocycles. The van der Waals surface area contributed by atoms with Crippen LogP contribution in [0.1, 0.15) is 32.4 Å². The molecule has 1 N–H and O–H groups in total. The van der Waals surface area contributed by atoms with Crippen molar-refractivity contribution in [2.24, 2.45) is 5.41 Å². The number of hydrogen-bond acceptors (Lipinski definition) is 1. The highest BCUT2D eigenvalue weighted by molar-refractivity contribution is 9.10. The summed E-state index contributed by atoms with van der Waals surface area (Å²) in [4.78, 5) is 0. The van der Waals surface area contributed by atoms with E-state index in [1.54, 1.807) is 12.1 Å². The minimum absolute atomic E-state index is 0.0712. The Morgan fingerprint density at radius 2 is 1.94 bits per heavy atom. The van der Waals surface area contributed by atoms with E-state index in [9.17, 15) is 4.39 Å². The molecule has 90 valence electrons. The third-order valence-corrected chi connectivity index (χ3v) is 3.79. The fourth-order valence-electron chi connectivity index (χ4n) is 1.82. The molecular formula is C12H16BrClFN. The van der Waals surface area contributed by atoms with E-state index in [0.717, 1.165) is 0 Å². The summed E-state index contributed by atoms with van der Waals surface area (Å²) in [6, 6.07) is 3.47. The predicted octanol–water partition coefficient (Wildman–Crippen LogP) is 4.55. The van der Waals surface area contributed by atoms with Crippen LogP contribution in [0.25, 0.3) is 0 Å². The highest BCUT2D eigenvalue weighted by Gasteiger charge is 2.28. The van der Waals surface area contributed by atoms with Crippen LogP contribution < -0.4 is 5.32 Å². The Labute approximate surface area is 110 Å². The lowest BCUT2D eigenvalue weighted by atomic mass is 9.82. The fraction of sp³-hybridized carbons (Fsp3) is 0.500.